The molecule has 5 nitrogen and oxygen atoms in total. The van der Waals surface area contributed by atoms with E-state index in [1.54, 1.807) is 9.13 Å². The van der Waals surface area contributed by atoms with Crippen LogP contribution in [0.2, 0.25) is 0 Å². The second kappa shape index (κ2) is 5.25. The quantitative estimate of drug-likeness (QED) is 0.811. The number of aryl methyl sites for hydroxylation is 1. The number of imidazole rings is 1. The summed E-state index contributed by atoms with van der Waals surface area (Å²) >= 11 is 0. The van der Waals surface area contributed by atoms with Crippen LogP contribution in [-0.4, -0.2) is 18.9 Å². The van der Waals surface area contributed by atoms with Crippen molar-refractivity contribution in [1.29, 1.82) is 0 Å². The highest BCUT2D eigenvalue weighted by Crippen LogP contribution is 2.09. The minimum Gasteiger partial charge on any atom is -0.300 e. The van der Waals surface area contributed by atoms with Crippen molar-refractivity contribution in [1.82, 2.24) is 18.9 Å². The normalized spacial score (nSPS) is 12.8. The molecule has 18 heavy (non-hydrogen) atoms. The summed E-state index contributed by atoms with van der Waals surface area (Å²) in [6.45, 7) is 7.47. The molecule has 0 aliphatic heterocycles. The number of aromatic nitrogens is 4. The Hall–Kier alpha value is -1.78. The van der Waals surface area contributed by atoms with Gasteiger partial charge in [-0.1, -0.05) is 6.92 Å². The van der Waals surface area contributed by atoms with Gasteiger partial charge in [0, 0.05) is 31.2 Å². The molecule has 2 heterocycles. The molecule has 98 valence electrons. The molecule has 0 N–H and O–H groups in total. The number of hydrogen-bond donors (Lipinski definition) is 0. The maximum absolute atomic E-state index is 11.9. The minimum absolute atomic E-state index is 0.0237. The highest BCUT2D eigenvalue weighted by Gasteiger charge is 2.07. The zero-order valence-corrected chi connectivity index (χ0v) is 11.2. The van der Waals surface area contributed by atoms with Gasteiger partial charge in [-0.05, 0) is 26.3 Å². The van der Waals surface area contributed by atoms with Crippen LogP contribution < -0.4 is 5.69 Å². The van der Waals surface area contributed by atoms with Gasteiger partial charge in [-0.25, -0.2) is 4.79 Å². The van der Waals surface area contributed by atoms with Crippen LogP contribution in [0.4, 0.5) is 0 Å². The lowest BCUT2D eigenvalue weighted by molar-refractivity contribution is 0.471. The minimum atomic E-state index is 0.0237. The summed E-state index contributed by atoms with van der Waals surface area (Å²) in [5.74, 6) is 0. The van der Waals surface area contributed by atoms with Gasteiger partial charge in [-0.2, -0.15) is 5.10 Å². The van der Waals surface area contributed by atoms with E-state index in [1.165, 1.54) is 0 Å². The van der Waals surface area contributed by atoms with Crippen molar-refractivity contribution in [2.24, 2.45) is 0 Å². The summed E-state index contributed by atoms with van der Waals surface area (Å²) in [5, 5.41) is 4.50. The Morgan fingerprint density at radius 3 is 2.56 bits per heavy atom. The van der Waals surface area contributed by atoms with Crippen LogP contribution in [-0.2, 0) is 13.1 Å². The average Bonchev–Trinajstić information content (AvgIpc) is 2.97. The van der Waals surface area contributed by atoms with E-state index >= 15 is 0 Å². The molecule has 0 spiro atoms. The first-order valence-electron chi connectivity index (χ1n) is 6.45. The molecular weight excluding hydrogens is 228 g/mol. The van der Waals surface area contributed by atoms with Crippen LogP contribution in [0.3, 0.4) is 0 Å². The Morgan fingerprint density at radius 1 is 1.22 bits per heavy atom. The lowest BCUT2D eigenvalue weighted by Crippen LogP contribution is -2.24. The second-order valence-electron chi connectivity index (χ2n) is 4.54. The van der Waals surface area contributed by atoms with Crippen molar-refractivity contribution in [2.75, 3.05) is 0 Å². The SMILES string of the molecule is CCC(C)n1ccc(Cn2ccn(CC)c2=O)n1. The number of hydrogen-bond acceptors (Lipinski definition) is 2. The van der Waals surface area contributed by atoms with Crippen molar-refractivity contribution in [3.05, 3.63) is 40.8 Å². The molecule has 0 aliphatic rings. The molecule has 0 saturated carbocycles. The van der Waals surface area contributed by atoms with Gasteiger partial charge >= 0.3 is 5.69 Å². The molecule has 0 radical (unpaired) electrons. The Bertz CT molecular complexity index is 564. The van der Waals surface area contributed by atoms with E-state index in [9.17, 15) is 4.79 Å². The average molecular weight is 248 g/mol. The molecule has 0 saturated heterocycles. The van der Waals surface area contributed by atoms with Crippen molar-refractivity contribution < 1.29 is 0 Å². The highest BCUT2D eigenvalue weighted by molar-refractivity contribution is 5.01. The molecule has 0 bridgehead atoms. The van der Waals surface area contributed by atoms with E-state index < -0.39 is 0 Å². The third kappa shape index (κ3) is 2.39. The lowest BCUT2D eigenvalue weighted by Gasteiger charge is -2.08. The molecule has 0 aliphatic carbocycles. The van der Waals surface area contributed by atoms with Gasteiger partial charge in [-0.3, -0.25) is 13.8 Å². The Kier molecular flexibility index (Phi) is 3.69. The van der Waals surface area contributed by atoms with Gasteiger partial charge in [-0.15, -0.1) is 0 Å². The molecule has 0 amide bonds. The molecule has 1 unspecified atom stereocenters. The summed E-state index contributed by atoms with van der Waals surface area (Å²) < 4.78 is 5.33. The fourth-order valence-corrected chi connectivity index (χ4v) is 1.88. The largest absolute Gasteiger partial charge is 0.328 e. The third-order valence-electron chi connectivity index (χ3n) is 3.30. The van der Waals surface area contributed by atoms with Crippen molar-refractivity contribution in [3.8, 4) is 0 Å². The molecule has 1 atom stereocenters. The van der Waals surface area contributed by atoms with Gasteiger partial charge in [0.05, 0.1) is 12.2 Å². The van der Waals surface area contributed by atoms with E-state index in [-0.39, 0.29) is 5.69 Å². The molecule has 2 rings (SSSR count). The molecule has 2 aromatic rings. The van der Waals surface area contributed by atoms with Gasteiger partial charge in [0.2, 0.25) is 0 Å². The Balaban J connectivity index is 2.16. The maximum atomic E-state index is 11.9. The molecule has 2 aromatic heterocycles. The smallest absolute Gasteiger partial charge is 0.300 e. The van der Waals surface area contributed by atoms with E-state index in [1.807, 2.05) is 36.3 Å². The molecule has 0 aromatic carbocycles. The van der Waals surface area contributed by atoms with Gasteiger partial charge in [0.1, 0.15) is 0 Å². The predicted molar refractivity (Wildman–Crippen MR) is 70.7 cm³/mol. The summed E-state index contributed by atoms with van der Waals surface area (Å²) in [6.07, 6.45) is 6.65. The molecule has 5 heteroatoms. The van der Waals surface area contributed by atoms with Gasteiger partial charge in [0.25, 0.3) is 0 Å². The van der Waals surface area contributed by atoms with Crippen molar-refractivity contribution in [3.63, 3.8) is 0 Å². The highest BCUT2D eigenvalue weighted by atomic mass is 16.1. The molecule has 0 fully saturated rings. The van der Waals surface area contributed by atoms with Crippen LogP contribution in [0.1, 0.15) is 38.9 Å². The summed E-state index contributed by atoms with van der Waals surface area (Å²) in [4.78, 5) is 11.9. The Morgan fingerprint density at radius 2 is 1.94 bits per heavy atom. The topological polar surface area (TPSA) is 44.8 Å². The van der Waals surface area contributed by atoms with E-state index in [0.717, 1.165) is 12.1 Å². The van der Waals surface area contributed by atoms with Crippen molar-refractivity contribution >= 4 is 0 Å². The van der Waals surface area contributed by atoms with Crippen LogP contribution in [0.15, 0.2) is 29.5 Å². The third-order valence-corrected chi connectivity index (χ3v) is 3.30. The zero-order chi connectivity index (χ0) is 13.1. The monoisotopic (exact) mass is 248 g/mol. The van der Waals surface area contributed by atoms with Gasteiger partial charge < -0.3 is 0 Å². The van der Waals surface area contributed by atoms with Crippen LogP contribution in [0, 0.1) is 0 Å². The van der Waals surface area contributed by atoms with E-state index in [4.69, 9.17) is 0 Å². The van der Waals surface area contributed by atoms with Crippen molar-refractivity contribution in [2.45, 2.75) is 46.3 Å². The Labute approximate surface area is 107 Å². The maximum Gasteiger partial charge on any atom is 0.328 e. The van der Waals surface area contributed by atoms with Crippen LogP contribution in [0.5, 0.6) is 0 Å². The first-order valence-corrected chi connectivity index (χ1v) is 6.45. The second-order valence-corrected chi connectivity index (χ2v) is 4.54. The first-order chi connectivity index (χ1) is 8.65. The molecular formula is C13H20N4O. The van der Waals surface area contributed by atoms with E-state index in [2.05, 4.69) is 18.9 Å². The summed E-state index contributed by atoms with van der Waals surface area (Å²) in [7, 11) is 0. The lowest BCUT2D eigenvalue weighted by atomic mass is 10.3. The van der Waals surface area contributed by atoms with Crippen LogP contribution in [0.25, 0.3) is 0 Å². The van der Waals surface area contributed by atoms with Gasteiger partial charge in [0.15, 0.2) is 0 Å². The number of nitrogens with zero attached hydrogens (tertiary/aromatic N) is 4. The zero-order valence-electron chi connectivity index (χ0n) is 11.2. The number of rotatable bonds is 5. The fraction of sp³-hybridized carbons (Fsp3) is 0.538. The predicted octanol–water partition coefficient (Wildman–Crippen LogP) is 1.89. The van der Waals surface area contributed by atoms with E-state index in [0.29, 0.717) is 19.1 Å². The fourth-order valence-electron chi connectivity index (χ4n) is 1.88. The first kappa shape index (κ1) is 12.7. The standard InChI is InChI=1S/C13H20N4O/c1-4-11(3)17-7-6-12(14-17)10-16-9-8-15(5-2)13(16)18/h6-9,11H,4-5,10H2,1-3H3. The van der Waals surface area contributed by atoms with Crippen LogP contribution >= 0.6 is 0 Å². The summed E-state index contributed by atoms with van der Waals surface area (Å²) in [6, 6.07) is 2.37. The summed E-state index contributed by atoms with van der Waals surface area (Å²) in [5.41, 5.74) is 0.946.